The maximum absolute atomic E-state index is 12.5. The summed E-state index contributed by atoms with van der Waals surface area (Å²) in [6.07, 6.45) is 2.82. The minimum atomic E-state index is -0.624. The molecule has 0 radical (unpaired) electrons. The van der Waals surface area contributed by atoms with Gasteiger partial charge in [0.15, 0.2) is 18.1 Å². The summed E-state index contributed by atoms with van der Waals surface area (Å²) in [4.78, 5) is 24.6. The minimum Gasteiger partial charge on any atom is -0.493 e. The van der Waals surface area contributed by atoms with Crippen molar-refractivity contribution in [3.8, 4) is 11.5 Å². The molecule has 0 saturated carbocycles. The van der Waals surface area contributed by atoms with Crippen LogP contribution >= 0.6 is 0 Å². The second-order valence-corrected chi connectivity index (χ2v) is 7.69. The van der Waals surface area contributed by atoms with Gasteiger partial charge in [-0.15, -0.1) is 0 Å². The molecule has 1 N–H and O–H groups in total. The molecule has 0 atom stereocenters. The van der Waals surface area contributed by atoms with Gasteiger partial charge in [0, 0.05) is 17.3 Å². The molecule has 0 spiro atoms. The summed E-state index contributed by atoms with van der Waals surface area (Å²) >= 11 is 0. The molecule has 0 bridgehead atoms. The molecule has 2 aromatic rings. The summed E-state index contributed by atoms with van der Waals surface area (Å²) in [5.41, 5.74) is 3.56. The average Bonchev–Trinajstić information content (AvgIpc) is 2.75. The summed E-state index contributed by atoms with van der Waals surface area (Å²) in [6.45, 7) is 7.93. The number of hydrogen-bond donors (Lipinski definition) is 1. The lowest BCUT2D eigenvalue weighted by Gasteiger charge is -2.20. The van der Waals surface area contributed by atoms with Crippen molar-refractivity contribution in [2.24, 2.45) is 0 Å². The lowest BCUT2D eigenvalue weighted by molar-refractivity contribution is -0.142. The van der Waals surface area contributed by atoms with Crippen LogP contribution < -0.4 is 14.8 Å². The van der Waals surface area contributed by atoms with Crippen LogP contribution in [0.1, 0.15) is 56.2 Å². The summed E-state index contributed by atoms with van der Waals surface area (Å²) in [7, 11) is 3.07. The molecule has 0 fully saturated rings. The van der Waals surface area contributed by atoms with Crippen LogP contribution in [0, 0.1) is 0 Å². The van der Waals surface area contributed by atoms with E-state index in [4.69, 9.17) is 14.2 Å². The third-order valence-electron chi connectivity index (χ3n) is 4.82. The van der Waals surface area contributed by atoms with Gasteiger partial charge in [0.1, 0.15) is 0 Å². The number of ether oxygens (including phenoxy) is 3. The maximum Gasteiger partial charge on any atom is 0.331 e. The summed E-state index contributed by atoms with van der Waals surface area (Å²) in [5, 5.41) is 2.93. The third-order valence-corrected chi connectivity index (χ3v) is 4.82. The summed E-state index contributed by atoms with van der Waals surface area (Å²) in [5.74, 6) is 0.562. The van der Waals surface area contributed by atoms with Gasteiger partial charge < -0.3 is 19.5 Å². The second kappa shape index (κ2) is 11.2. The fourth-order valence-electron chi connectivity index (χ4n) is 3.26. The highest BCUT2D eigenvalue weighted by molar-refractivity contribution is 5.96. The molecular weight excluding hydrogens is 394 g/mol. The largest absolute Gasteiger partial charge is 0.493 e. The van der Waals surface area contributed by atoms with Crippen LogP contribution in [-0.4, -0.2) is 32.7 Å². The quantitative estimate of drug-likeness (QED) is 0.444. The van der Waals surface area contributed by atoms with Crippen LogP contribution in [0.25, 0.3) is 6.08 Å². The Balaban J connectivity index is 2.05. The molecule has 0 unspecified atom stereocenters. The van der Waals surface area contributed by atoms with E-state index < -0.39 is 5.97 Å². The normalized spacial score (nSPS) is 11.1. The number of benzene rings is 2. The summed E-state index contributed by atoms with van der Waals surface area (Å²) in [6, 6.07) is 11.3. The van der Waals surface area contributed by atoms with E-state index in [0.29, 0.717) is 17.1 Å². The lowest BCUT2D eigenvalue weighted by atomic mass is 9.92. The van der Waals surface area contributed by atoms with Gasteiger partial charge in [-0.1, -0.05) is 58.0 Å². The Hall–Kier alpha value is -3.28. The van der Waals surface area contributed by atoms with Gasteiger partial charge in [0.05, 0.1) is 14.2 Å². The van der Waals surface area contributed by atoms with Gasteiger partial charge in [-0.3, -0.25) is 4.79 Å². The van der Waals surface area contributed by atoms with Crippen molar-refractivity contribution in [3.63, 3.8) is 0 Å². The Bertz CT molecular complexity index is 921. The fraction of sp³-hybridized carbons (Fsp3) is 0.360. The first-order valence-corrected chi connectivity index (χ1v) is 10.3. The molecule has 6 nitrogen and oxygen atoms in total. The molecule has 0 heterocycles. The number of hydrogen-bond acceptors (Lipinski definition) is 5. The van der Waals surface area contributed by atoms with Crippen molar-refractivity contribution in [2.45, 2.75) is 39.5 Å². The van der Waals surface area contributed by atoms with E-state index >= 15 is 0 Å². The number of esters is 1. The SMILES string of the molecule is COc1cccc(/C=C/C(=O)OCC(=O)Nc2c(C(C)C)cccc2C(C)C)c1OC. The van der Waals surface area contributed by atoms with Crippen molar-refractivity contribution in [1.82, 2.24) is 0 Å². The van der Waals surface area contributed by atoms with E-state index in [1.54, 1.807) is 31.4 Å². The van der Waals surface area contributed by atoms with Crippen LogP contribution in [0.2, 0.25) is 0 Å². The zero-order valence-electron chi connectivity index (χ0n) is 19.0. The van der Waals surface area contributed by atoms with E-state index in [0.717, 1.165) is 16.8 Å². The van der Waals surface area contributed by atoms with Gasteiger partial charge in [0.25, 0.3) is 5.91 Å². The number of rotatable bonds is 9. The Labute approximate surface area is 184 Å². The Morgan fingerprint density at radius 1 is 0.935 bits per heavy atom. The standard InChI is InChI=1S/C25H31NO5/c1-16(2)19-10-8-11-20(17(3)4)24(19)26-22(27)15-31-23(28)14-13-18-9-7-12-21(29-5)25(18)30-6/h7-14,16-17H,15H2,1-6H3,(H,26,27)/b14-13+. The third kappa shape index (κ3) is 6.35. The van der Waals surface area contributed by atoms with Crippen molar-refractivity contribution < 1.29 is 23.8 Å². The Kier molecular flexibility index (Phi) is 8.67. The van der Waals surface area contributed by atoms with Gasteiger partial charge in [-0.25, -0.2) is 4.79 Å². The first-order chi connectivity index (χ1) is 14.8. The van der Waals surface area contributed by atoms with Crippen LogP contribution in [0.4, 0.5) is 5.69 Å². The summed E-state index contributed by atoms with van der Waals surface area (Å²) < 4.78 is 15.7. The number of anilines is 1. The molecule has 0 aliphatic rings. The van der Waals surface area contributed by atoms with E-state index in [1.807, 2.05) is 18.2 Å². The highest BCUT2D eigenvalue weighted by Crippen LogP contribution is 2.33. The predicted molar refractivity (Wildman–Crippen MR) is 123 cm³/mol. The van der Waals surface area contributed by atoms with E-state index in [-0.39, 0.29) is 24.3 Å². The number of carbonyl (C=O) groups is 2. The highest BCUT2D eigenvalue weighted by atomic mass is 16.5. The van der Waals surface area contributed by atoms with Gasteiger partial charge in [-0.05, 0) is 35.1 Å². The molecule has 0 aromatic heterocycles. The van der Waals surface area contributed by atoms with Crippen LogP contribution in [0.5, 0.6) is 11.5 Å². The molecule has 1 amide bonds. The molecule has 6 heteroatoms. The predicted octanol–water partition coefficient (Wildman–Crippen LogP) is 5.15. The molecule has 0 saturated heterocycles. The molecular formula is C25H31NO5. The van der Waals surface area contributed by atoms with Crippen molar-refractivity contribution in [1.29, 1.82) is 0 Å². The Morgan fingerprint density at radius 3 is 2.10 bits per heavy atom. The number of methoxy groups -OCH3 is 2. The molecule has 166 valence electrons. The minimum absolute atomic E-state index is 0.248. The first-order valence-electron chi connectivity index (χ1n) is 10.3. The van der Waals surface area contributed by atoms with Crippen LogP contribution in [-0.2, 0) is 14.3 Å². The van der Waals surface area contributed by atoms with Gasteiger partial charge in [0.2, 0.25) is 0 Å². The average molecular weight is 426 g/mol. The number of nitrogens with one attached hydrogen (secondary N) is 1. The molecule has 0 aliphatic heterocycles. The lowest BCUT2D eigenvalue weighted by Crippen LogP contribution is -2.22. The van der Waals surface area contributed by atoms with Crippen molar-refractivity contribution in [3.05, 3.63) is 59.2 Å². The smallest absolute Gasteiger partial charge is 0.331 e. The van der Waals surface area contributed by atoms with Crippen LogP contribution in [0.3, 0.4) is 0 Å². The first kappa shape index (κ1) is 24.0. The topological polar surface area (TPSA) is 73.9 Å². The molecule has 2 aromatic carbocycles. The van der Waals surface area contributed by atoms with E-state index in [2.05, 4.69) is 33.0 Å². The maximum atomic E-state index is 12.5. The molecule has 31 heavy (non-hydrogen) atoms. The van der Waals surface area contributed by atoms with Crippen molar-refractivity contribution >= 4 is 23.6 Å². The van der Waals surface area contributed by atoms with Crippen LogP contribution in [0.15, 0.2) is 42.5 Å². The van der Waals surface area contributed by atoms with E-state index in [9.17, 15) is 9.59 Å². The van der Waals surface area contributed by atoms with Crippen molar-refractivity contribution in [2.75, 3.05) is 26.1 Å². The number of para-hydroxylation sites is 2. The highest BCUT2D eigenvalue weighted by Gasteiger charge is 2.16. The van der Waals surface area contributed by atoms with Gasteiger partial charge in [-0.2, -0.15) is 0 Å². The Morgan fingerprint density at radius 2 is 1.55 bits per heavy atom. The van der Waals surface area contributed by atoms with E-state index in [1.165, 1.54) is 13.2 Å². The van der Waals surface area contributed by atoms with Gasteiger partial charge >= 0.3 is 5.97 Å². The number of amides is 1. The monoisotopic (exact) mass is 425 g/mol. The molecule has 0 aliphatic carbocycles. The molecule has 2 rings (SSSR count). The fourth-order valence-corrected chi connectivity index (χ4v) is 3.26. The number of carbonyl (C=O) groups excluding carboxylic acids is 2. The zero-order chi connectivity index (χ0) is 23.0. The second-order valence-electron chi connectivity index (χ2n) is 7.69. The zero-order valence-corrected chi connectivity index (χ0v) is 19.0.